The highest BCUT2D eigenvalue weighted by molar-refractivity contribution is 6.35. The summed E-state index contributed by atoms with van der Waals surface area (Å²) < 4.78 is 0. The fourth-order valence-corrected chi connectivity index (χ4v) is 2.00. The normalized spacial score (nSPS) is 12.4. The van der Waals surface area contributed by atoms with Crippen LogP contribution in [0.2, 0.25) is 10.0 Å². The molecular weight excluding hydrogens is 259 g/mol. The van der Waals surface area contributed by atoms with Crippen molar-refractivity contribution >= 4 is 29.2 Å². The molecule has 0 fully saturated rings. The third-order valence-corrected chi connectivity index (χ3v) is 2.76. The number of hydrogen-bond acceptors (Lipinski definition) is 1. The third kappa shape index (κ3) is 4.44. The minimum Gasteiger partial charge on any atom is -0.336 e. The molecular formula is C12H16Cl2N2O. The molecule has 94 valence electrons. The fraction of sp³-hybridized carbons (Fsp3) is 0.417. The molecule has 1 aromatic rings. The van der Waals surface area contributed by atoms with Gasteiger partial charge < -0.3 is 10.6 Å². The van der Waals surface area contributed by atoms with Gasteiger partial charge in [-0.15, -0.1) is 0 Å². The second-order valence-corrected chi connectivity index (χ2v) is 5.00. The van der Waals surface area contributed by atoms with Crippen molar-refractivity contribution in [1.29, 1.82) is 0 Å². The lowest BCUT2D eigenvalue weighted by atomic mass is 10.1. The van der Waals surface area contributed by atoms with Gasteiger partial charge >= 0.3 is 6.03 Å². The number of carbonyl (C=O) groups is 1. The third-order valence-electron chi connectivity index (χ3n) is 2.20. The van der Waals surface area contributed by atoms with E-state index in [1.54, 1.807) is 12.1 Å². The van der Waals surface area contributed by atoms with Gasteiger partial charge in [0.05, 0.1) is 6.04 Å². The van der Waals surface area contributed by atoms with Gasteiger partial charge in [-0.25, -0.2) is 4.79 Å². The van der Waals surface area contributed by atoms with Crippen molar-refractivity contribution in [3.05, 3.63) is 33.8 Å². The molecule has 2 amide bonds. The van der Waals surface area contributed by atoms with Crippen LogP contribution in [-0.2, 0) is 0 Å². The molecule has 1 rings (SSSR count). The van der Waals surface area contributed by atoms with Crippen molar-refractivity contribution in [3.63, 3.8) is 0 Å². The highest BCUT2D eigenvalue weighted by atomic mass is 35.5. The number of urea groups is 1. The Hall–Kier alpha value is -0.930. The highest BCUT2D eigenvalue weighted by Crippen LogP contribution is 2.25. The molecule has 0 spiro atoms. The number of amides is 2. The Bertz CT molecular complexity index is 407. The summed E-state index contributed by atoms with van der Waals surface area (Å²) in [7, 11) is 0. The average Bonchev–Trinajstić information content (AvgIpc) is 2.15. The molecule has 0 heterocycles. The number of nitrogens with one attached hydrogen (secondary N) is 2. The summed E-state index contributed by atoms with van der Waals surface area (Å²) in [6.45, 7) is 5.67. The lowest BCUT2D eigenvalue weighted by Crippen LogP contribution is -2.40. The monoisotopic (exact) mass is 274 g/mol. The fourth-order valence-electron chi connectivity index (χ4n) is 1.43. The first kappa shape index (κ1) is 14.1. The zero-order chi connectivity index (χ0) is 13.0. The number of benzene rings is 1. The van der Waals surface area contributed by atoms with E-state index in [-0.39, 0.29) is 18.1 Å². The number of hydrogen-bond donors (Lipinski definition) is 2. The van der Waals surface area contributed by atoms with Crippen LogP contribution in [-0.4, -0.2) is 12.1 Å². The zero-order valence-corrected chi connectivity index (χ0v) is 11.6. The van der Waals surface area contributed by atoms with E-state index < -0.39 is 0 Å². The topological polar surface area (TPSA) is 41.1 Å². The van der Waals surface area contributed by atoms with E-state index in [0.29, 0.717) is 10.0 Å². The van der Waals surface area contributed by atoms with Gasteiger partial charge in [0.2, 0.25) is 0 Å². The molecule has 1 aromatic carbocycles. The summed E-state index contributed by atoms with van der Waals surface area (Å²) in [6, 6.07) is 4.95. The Labute approximate surface area is 111 Å². The van der Waals surface area contributed by atoms with Gasteiger partial charge in [0.15, 0.2) is 0 Å². The molecule has 5 heteroatoms. The molecule has 0 bridgehead atoms. The zero-order valence-electron chi connectivity index (χ0n) is 10.1. The van der Waals surface area contributed by atoms with Crippen molar-refractivity contribution in [2.24, 2.45) is 0 Å². The van der Waals surface area contributed by atoms with Crippen LogP contribution in [0.15, 0.2) is 18.2 Å². The van der Waals surface area contributed by atoms with E-state index in [9.17, 15) is 4.79 Å². The van der Waals surface area contributed by atoms with Crippen LogP contribution in [0.3, 0.4) is 0 Å². The van der Waals surface area contributed by atoms with E-state index in [0.717, 1.165) is 5.56 Å². The molecule has 0 saturated heterocycles. The van der Waals surface area contributed by atoms with Gasteiger partial charge in [-0.2, -0.15) is 0 Å². The van der Waals surface area contributed by atoms with Crippen LogP contribution < -0.4 is 10.6 Å². The quantitative estimate of drug-likeness (QED) is 0.866. The predicted molar refractivity (Wildman–Crippen MR) is 71.7 cm³/mol. The summed E-state index contributed by atoms with van der Waals surface area (Å²) in [4.78, 5) is 11.5. The SMILES string of the molecule is CC(C)NC(=O)NC(C)c1ccc(Cl)cc1Cl. The van der Waals surface area contributed by atoms with Crippen molar-refractivity contribution in [1.82, 2.24) is 10.6 Å². The van der Waals surface area contributed by atoms with Crippen LogP contribution >= 0.6 is 23.2 Å². The molecule has 17 heavy (non-hydrogen) atoms. The summed E-state index contributed by atoms with van der Waals surface area (Å²) in [5.41, 5.74) is 0.843. The molecule has 0 radical (unpaired) electrons. The Kier molecular flexibility index (Phi) is 5.09. The minimum atomic E-state index is -0.210. The van der Waals surface area contributed by atoms with Gasteiger partial charge in [0, 0.05) is 16.1 Å². The van der Waals surface area contributed by atoms with Gasteiger partial charge in [-0.05, 0) is 38.5 Å². The molecule has 0 saturated carbocycles. The molecule has 0 aliphatic carbocycles. The maximum Gasteiger partial charge on any atom is 0.315 e. The smallest absolute Gasteiger partial charge is 0.315 e. The van der Waals surface area contributed by atoms with Crippen LogP contribution in [0, 0.1) is 0 Å². The largest absolute Gasteiger partial charge is 0.336 e. The minimum absolute atomic E-state index is 0.0999. The summed E-state index contributed by atoms with van der Waals surface area (Å²) in [5, 5.41) is 6.70. The molecule has 0 aromatic heterocycles. The average molecular weight is 275 g/mol. The van der Waals surface area contributed by atoms with E-state index in [4.69, 9.17) is 23.2 Å². The summed E-state index contributed by atoms with van der Waals surface area (Å²) in [5.74, 6) is 0. The van der Waals surface area contributed by atoms with Crippen LogP contribution in [0.4, 0.5) is 4.79 Å². The summed E-state index contributed by atoms with van der Waals surface area (Å²) >= 11 is 11.9. The van der Waals surface area contributed by atoms with Crippen molar-refractivity contribution in [3.8, 4) is 0 Å². The number of rotatable bonds is 3. The number of carbonyl (C=O) groups excluding carboxylic acids is 1. The van der Waals surface area contributed by atoms with E-state index in [2.05, 4.69) is 10.6 Å². The predicted octanol–water partition coefficient (Wildman–Crippen LogP) is 3.76. The molecule has 3 nitrogen and oxygen atoms in total. The van der Waals surface area contributed by atoms with Crippen molar-refractivity contribution in [2.75, 3.05) is 0 Å². The molecule has 2 N–H and O–H groups in total. The van der Waals surface area contributed by atoms with Crippen LogP contribution in [0.5, 0.6) is 0 Å². The van der Waals surface area contributed by atoms with Gasteiger partial charge in [0.25, 0.3) is 0 Å². The second-order valence-electron chi connectivity index (χ2n) is 4.16. The molecule has 1 atom stereocenters. The van der Waals surface area contributed by atoms with Gasteiger partial charge in [0.1, 0.15) is 0 Å². The Morgan fingerprint density at radius 3 is 2.35 bits per heavy atom. The summed E-state index contributed by atoms with van der Waals surface area (Å²) in [6.07, 6.45) is 0. The molecule has 1 unspecified atom stereocenters. The maximum atomic E-state index is 11.5. The van der Waals surface area contributed by atoms with Gasteiger partial charge in [-0.1, -0.05) is 29.3 Å². The van der Waals surface area contributed by atoms with E-state index in [1.807, 2.05) is 26.8 Å². The number of halogens is 2. The van der Waals surface area contributed by atoms with E-state index in [1.165, 1.54) is 0 Å². The van der Waals surface area contributed by atoms with E-state index >= 15 is 0 Å². The maximum absolute atomic E-state index is 11.5. The standard InChI is InChI=1S/C12H16Cl2N2O/c1-7(2)15-12(17)16-8(3)10-5-4-9(13)6-11(10)14/h4-8H,1-3H3,(H2,15,16,17). The van der Waals surface area contributed by atoms with Crippen LogP contribution in [0.1, 0.15) is 32.4 Å². The van der Waals surface area contributed by atoms with Crippen molar-refractivity contribution in [2.45, 2.75) is 32.9 Å². The van der Waals surface area contributed by atoms with Crippen molar-refractivity contribution < 1.29 is 4.79 Å². The Balaban J connectivity index is 2.69. The first-order valence-electron chi connectivity index (χ1n) is 5.42. The Morgan fingerprint density at radius 1 is 1.18 bits per heavy atom. The van der Waals surface area contributed by atoms with Gasteiger partial charge in [-0.3, -0.25) is 0 Å². The molecule has 0 aliphatic rings. The first-order chi connectivity index (χ1) is 7.90. The highest BCUT2D eigenvalue weighted by Gasteiger charge is 2.13. The lowest BCUT2D eigenvalue weighted by Gasteiger charge is -2.17. The Morgan fingerprint density at radius 2 is 1.82 bits per heavy atom. The van der Waals surface area contributed by atoms with Crippen LogP contribution in [0.25, 0.3) is 0 Å². The first-order valence-corrected chi connectivity index (χ1v) is 6.17. The molecule has 0 aliphatic heterocycles. The second kappa shape index (κ2) is 6.12. The lowest BCUT2D eigenvalue weighted by molar-refractivity contribution is 0.235.